The molecule has 0 aliphatic carbocycles. The molecule has 1 aromatic heterocycles. The molecule has 1 atom stereocenters. The van der Waals surface area contributed by atoms with Crippen LogP contribution in [-0.4, -0.2) is 30.7 Å². The smallest absolute Gasteiger partial charge is 0.0944 e. The summed E-state index contributed by atoms with van der Waals surface area (Å²) in [5.74, 6) is 0. The van der Waals surface area contributed by atoms with Crippen LogP contribution in [0.5, 0.6) is 0 Å². The molecule has 1 unspecified atom stereocenters. The molecular formula is C9H15N3S. The molecule has 1 aliphatic rings. The summed E-state index contributed by atoms with van der Waals surface area (Å²) in [7, 11) is 0. The summed E-state index contributed by atoms with van der Waals surface area (Å²) in [5.41, 5.74) is 1.14. The summed E-state index contributed by atoms with van der Waals surface area (Å²) in [6.07, 6.45) is 1.06. The maximum Gasteiger partial charge on any atom is 0.0944 e. The molecule has 2 rings (SSSR count). The average Bonchev–Trinajstić information content (AvgIpc) is 2.53. The highest BCUT2D eigenvalue weighted by molar-refractivity contribution is 7.09. The van der Waals surface area contributed by atoms with E-state index in [1.807, 2.05) is 6.92 Å². The van der Waals surface area contributed by atoms with Crippen LogP contribution in [-0.2, 0) is 6.42 Å². The van der Waals surface area contributed by atoms with Crippen LogP contribution in [0.15, 0.2) is 5.38 Å². The maximum absolute atomic E-state index is 4.46. The van der Waals surface area contributed by atoms with Gasteiger partial charge in [0.15, 0.2) is 0 Å². The van der Waals surface area contributed by atoms with Gasteiger partial charge in [0.1, 0.15) is 0 Å². The number of aryl methyl sites for hydroxylation is 1. The van der Waals surface area contributed by atoms with Gasteiger partial charge in [0, 0.05) is 43.2 Å². The summed E-state index contributed by atoms with van der Waals surface area (Å²) < 4.78 is 0. The maximum atomic E-state index is 4.46. The zero-order valence-electron chi connectivity index (χ0n) is 7.84. The van der Waals surface area contributed by atoms with E-state index in [4.69, 9.17) is 0 Å². The van der Waals surface area contributed by atoms with Crippen LogP contribution in [0.4, 0.5) is 0 Å². The Morgan fingerprint density at radius 1 is 1.62 bits per heavy atom. The van der Waals surface area contributed by atoms with Crippen molar-refractivity contribution >= 4 is 11.3 Å². The van der Waals surface area contributed by atoms with Crippen molar-refractivity contribution in [1.82, 2.24) is 15.6 Å². The van der Waals surface area contributed by atoms with Crippen molar-refractivity contribution in [2.75, 3.05) is 19.6 Å². The van der Waals surface area contributed by atoms with Crippen LogP contribution in [0.25, 0.3) is 0 Å². The van der Waals surface area contributed by atoms with Gasteiger partial charge in [-0.1, -0.05) is 0 Å². The van der Waals surface area contributed by atoms with Crippen molar-refractivity contribution in [2.45, 2.75) is 19.4 Å². The first-order valence-electron chi connectivity index (χ1n) is 4.70. The second-order valence-corrected chi connectivity index (χ2v) is 4.38. The average molecular weight is 197 g/mol. The van der Waals surface area contributed by atoms with Gasteiger partial charge in [-0.25, -0.2) is 4.98 Å². The highest BCUT2D eigenvalue weighted by Crippen LogP contribution is 2.11. The number of piperazine rings is 1. The molecule has 3 nitrogen and oxygen atoms in total. The van der Waals surface area contributed by atoms with Crippen molar-refractivity contribution in [3.05, 3.63) is 16.1 Å². The highest BCUT2D eigenvalue weighted by atomic mass is 32.1. The number of nitrogens with one attached hydrogen (secondary N) is 2. The summed E-state index contributed by atoms with van der Waals surface area (Å²) in [4.78, 5) is 4.46. The van der Waals surface area contributed by atoms with Crippen molar-refractivity contribution in [2.24, 2.45) is 0 Å². The topological polar surface area (TPSA) is 37.0 Å². The van der Waals surface area contributed by atoms with E-state index >= 15 is 0 Å². The molecule has 4 heteroatoms. The first kappa shape index (κ1) is 9.12. The lowest BCUT2D eigenvalue weighted by Crippen LogP contribution is -2.49. The molecule has 0 aromatic carbocycles. The SMILES string of the molecule is Cc1csc(CC2CNCCN2)n1. The molecule has 1 saturated heterocycles. The van der Waals surface area contributed by atoms with Crippen molar-refractivity contribution in [1.29, 1.82) is 0 Å². The summed E-state index contributed by atoms with van der Waals surface area (Å²) in [6.45, 7) is 5.29. The summed E-state index contributed by atoms with van der Waals surface area (Å²) >= 11 is 1.76. The number of nitrogens with zero attached hydrogens (tertiary/aromatic N) is 1. The van der Waals surface area contributed by atoms with E-state index in [0.717, 1.165) is 31.7 Å². The van der Waals surface area contributed by atoms with Gasteiger partial charge < -0.3 is 10.6 Å². The lowest BCUT2D eigenvalue weighted by molar-refractivity contribution is 0.416. The quantitative estimate of drug-likeness (QED) is 0.727. The molecule has 0 spiro atoms. The summed E-state index contributed by atoms with van der Waals surface area (Å²) in [5, 5.41) is 10.2. The minimum absolute atomic E-state index is 0.569. The van der Waals surface area contributed by atoms with E-state index in [1.165, 1.54) is 5.01 Å². The van der Waals surface area contributed by atoms with Crippen LogP contribution in [0.1, 0.15) is 10.7 Å². The number of hydrogen-bond donors (Lipinski definition) is 2. The Morgan fingerprint density at radius 2 is 2.54 bits per heavy atom. The minimum Gasteiger partial charge on any atom is -0.314 e. The molecule has 0 radical (unpaired) electrons. The van der Waals surface area contributed by atoms with Gasteiger partial charge in [0.05, 0.1) is 5.01 Å². The third-order valence-electron chi connectivity index (χ3n) is 2.21. The van der Waals surface area contributed by atoms with Crippen molar-refractivity contribution in [3.63, 3.8) is 0 Å². The first-order valence-corrected chi connectivity index (χ1v) is 5.57. The molecule has 1 aliphatic heterocycles. The Labute approximate surface area is 82.6 Å². The Morgan fingerprint density at radius 3 is 3.15 bits per heavy atom. The lowest BCUT2D eigenvalue weighted by Gasteiger charge is -2.23. The molecule has 0 saturated carbocycles. The minimum atomic E-state index is 0.569. The fourth-order valence-corrected chi connectivity index (χ4v) is 2.42. The van der Waals surface area contributed by atoms with Gasteiger partial charge in [-0.2, -0.15) is 0 Å². The fourth-order valence-electron chi connectivity index (χ4n) is 1.56. The molecule has 0 amide bonds. The largest absolute Gasteiger partial charge is 0.314 e. The molecule has 0 bridgehead atoms. The number of thiazole rings is 1. The fraction of sp³-hybridized carbons (Fsp3) is 0.667. The first-order chi connectivity index (χ1) is 6.34. The van der Waals surface area contributed by atoms with Crippen LogP contribution in [0.2, 0.25) is 0 Å². The van der Waals surface area contributed by atoms with E-state index < -0.39 is 0 Å². The Kier molecular flexibility index (Phi) is 2.93. The van der Waals surface area contributed by atoms with E-state index in [9.17, 15) is 0 Å². The number of aromatic nitrogens is 1. The highest BCUT2D eigenvalue weighted by Gasteiger charge is 2.13. The molecule has 72 valence electrons. The molecule has 1 fully saturated rings. The third-order valence-corrected chi connectivity index (χ3v) is 3.20. The Bertz CT molecular complexity index is 266. The monoisotopic (exact) mass is 197 g/mol. The zero-order valence-corrected chi connectivity index (χ0v) is 8.66. The predicted molar refractivity (Wildman–Crippen MR) is 55.2 cm³/mol. The lowest BCUT2D eigenvalue weighted by atomic mass is 10.2. The summed E-state index contributed by atoms with van der Waals surface area (Å²) in [6, 6.07) is 0.569. The van der Waals surface area contributed by atoms with Gasteiger partial charge in [-0.3, -0.25) is 0 Å². The van der Waals surface area contributed by atoms with Crippen LogP contribution < -0.4 is 10.6 Å². The molecule has 13 heavy (non-hydrogen) atoms. The molecule has 2 N–H and O–H groups in total. The van der Waals surface area contributed by atoms with E-state index in [-0.39, 0.29) is 0 Å². The molecular weight excluding hydrogens is 182 g/mol. The Hall–Kier alpha value is -0.450. The van der Waals surface area contributed by atoms with Gasteiger partial charge in [0.2, 0.25) is 0 Å². The van der Waals surface area contributed by atoms with E-state index in [0.29, 0.717) is 6.04 Å². The predicted octanol–water partition coefficient (Wildman–Crippen LogP) is 0.555. The van der Waals surface area contributed by atoms with Crippen molar-refractivity contribution < 1.29 is 0 Å². The normalized spacial score (nSPS) is 23.3. The van der Waals surface area contributed by atoms with Crippen molar-refractivity contribution in [3.8, 4) is 0 Å². The Balaban J connectivity index is 1.89. The molecule has 2 heterocycles. The van der Waals surface area contributed by atoms with E-state index in [2.05, 4.69) is 21.0 Å². The standard InChI is InChI=1S/C9H15N3S/c1-7-6-13-9(12-7)4-8-5-10-2-3-11-8/h6,8,10-11H,2-5H2,1H3. The second-order valence-electron chi connectivity index (χ2n) is 3.44. The van der Waals surface area contributed by atoms with Crippen LogP contribution in [0.3, 0.4) is 0 Å². The van der Waals surface area contributed by atoms with Crippen LogP contribution >= 0.6 is 11.3 Å². The molecule has 1 aromatic rings. The third kappa shape index (κ3) is 2.49. The zero-order chi connectivity index (χ0) is 9.10. The van der Waals surface area contributed by atoms with Gasteiger partial charge >= 0.3 is 0 Å². The number of rotatable bonds is 2. The van der Waals surface area contributed by atoms with E-state index in [1.54, 1.807) is 11.3 Å². The number of hydrogen-bond acceptors (Lipinski definition) is 4. The van der Waals surface area contributed by atoms with Gasteiger partial charge in [-0.15, -0.1) is 11.3 Å². The van der Waals surface area contributed by atoms with Gasteiger partial charge in [-0.05, 0) is 6.92 Å². The van der Waals surface area contributed by atoms with Gasteiger partial charge in [0.25, 0.3) is 0 Å². The second kappa shape index (κ2) is 4.17. The van der Waals surface area contributed by atoms with Crippen LogP contribution in [0, 0.1) is 6.92 Å².